The van der Waals surface area contributed by atoms with Crippen molar-refractivity contribution in [2.45, 2.75) is 37.1 Å². The molecule has 1 atom stereocenters. The average molecular weight is 276 g/mol. The van der Waals surface area contributed by atoms with Crippen LogP contribution in [0.1, 0.15) is 31.2 Å². The number of carbonyl (C=O) groups excluding carboxylic acids is 1. The zero-order valence-corrected chi connectivity index (χ0v) is 12.1. The van der Waals surface area contributed by atoms with E-state index in [2.05, 4.69) is 29.6 Å². The summed E-state index contributed by atoms with van der Waals surface area (Å²) in [6.45, 7) is 0.914. The van der Waals surface area contributed by atoms with E-state index in [4.69, 9.17) is 10.5 Å². The minimum absolute atomic E-state index is 0.0731. The van der Waals surface area contributed by atoms with Crippen molar-refractivity contribution in [3.8, 4) is 0 Å². The lowest BCUT2D eigenvalue weighted by atomic mass is 9.79. The van der Waals surface area contributed by atoms with Crippen LogP contribution in [0.25, 0.3) is 0 Å². The molecule has 20 heavy (non-hydrogen) atoms. The number of nitrogens with two attached hydrogens (primary N) is 1. The fraction of sp³-hybridized carbons (Fsp3) is 0.562. The van der Waals surface area contributed by atoms with Crippen LogP contribution in [0.15, 0.2) is 30.3 Å². The smallest absolute Gasteiger partial charge is 0.239 e. The first kappa shape index (κ1) is 15.0. The maximum atomic E-state index is 11.9. The minimum Gasteiger partial charge on any atom is -0.383 e. The molecule has 1 aliphatic carbocycles. The Labute approximate surface area is 120 Å². The Balaban J connectivity index is 2.02. The summed E-state index contributed by atoms with van der Waals surface area (Å²) in [5, 5.41) is 3.00. The zero-order valence-electron chi connectivity index (χ0n) is 12.1. The Hall–Kier alpha value is -1.39. The topological polar surface area (TPSA) is 64.3 Å². The van der Waals surface area contributed by atoms with Crippen LogP contribution in [-0.2, 0) is 14.9 Å². The molecule has 1 unspecified atom stereocenters. The monoisotopic (exact) mass is 276 g/mol. The van der Waals surface area contributed by atoms with E-state index in [0.29, 0.717) is 6.54 Å². The minimum atomic E-state index is -0.589. The van der Waals surface area contributed by atoms with E-state index in [1.54, 1.807) is 7.11 Å². The van der Waals surface area contributed by atoms with Gasteiger partial charge in [-0.3, -0.25) is 4.79 Å². The zero-order chi connectivity index (χ0) is 14.4. The maximum absolute atomic E-state index is 11.9. The van der Waals surface area contributed by atoms with Crippen LogP contribution in [0.5, 0.6) is 0 Å². The van der Waals surface area contributed by atoms with Crippen LogP contribution in [0.3, 0.4) is 0 Å². The molecule has 0 saturated heterocycles. The molecule has 2 rings (SSSR count). The van der Waals surface area contributed by atoms with E-state index in [0.717, 1.165) is 12.8 Å². The van der Waals surface area contributed by atoms with Crippen LogP contribution in [0.2, 0.25) is 0 Å². The van der Waals surface area contributed by atoms with Crippen molar-refractivity contribution < 1.29 is 9.53 Å². The predicted molar refractivity (Wildman–Crippen MR) is 79.4 cm³/mol. The van der Waals surface area contributed by atoms with Gasteiger partial charge in [0.15, 0.2) is 0 Å². The Morgan fingerprint density at radius 1 is 1.35 bits per heavy atom. The number of hydrogen-bond donors (Lipinski definition) is 2. The van der Waals surface area contributed by atoms with Gasteiger partial charge in [-0.2, -0.15) is 0 Å². The summed E-state index contributed by atoms with van der Waals surface area (Å²) in [7, 11) is 1.55. The van der Waals surface area contributed by atoms with E-state index in [-0.39, 0.29) is 17.9 Å². The Morgan fingerprint density at radius 3 is 2.60 bits per heavy atom. The predicted octanol–water partition coefficient (Wildman–Crippen LogP) is 1.59. The van der Waals surface area contributed by atoms with Gasteiger partial charge in [0.2, 0.25) is 5.91 Å². The van der Waals surface area contributed by atoms with E-state index < -0.39 is 6.04 Å². The van der Waals surface area contributed by atoms with E-state index in [1.165, 1.54) is 18.4 Å². The van der Waals surface area contributed by atoms with Gasteiger partial charge < -0.3 is 15.8 Å². The lowest BCUT2D eigenvalue weighted by Gasteiger charge is -2.30. The molecule has 0 spiro atoms. The van der Waals surface area contributed by atoms with Gasteiger partial charge in [0.05, 0.1) is 6.61 Å². The molecule has 3 N–H and O–H groups in total. The normalized spacial score (nSPS) is 18.7. The molecule has 0 aliphatic heterocycles. The molecule has 0 bridgehead atoms. The largest absolute Gasteiger partial charge is 0.383 e. The summed E-state index contributed by atoms with van der Waals surface area (Å²) < 4.78 is 4.92. The third-order valence-electron chi connectivity index (χ3n) is 4.23. The van der Waals surface area contributed by atoms with Crippen molar-refractivity contribution in [1.82, 2.24) is 5.32 Å². The molecule has 110 valence electrons. The SMILES string of the molecule is COCC(N)C(=O)NCC1(c2ccccc2)CCCC1. The molecule has 4 heteroatoms. The van der Waals surface area contributed by atoms with Crippen molar-refractivity contribution in [3.05, 3.63) is 35.9 Å². The molecule has 4 nitrogen and oxygen atoms in total. The summed E-state index contributed by atoms with van der Waals surface area (Å²) >= 11 is 0. The van der Waals surface area contributed by atoms with Crippen molar-refractivity contribution in [1.29, 1.82) is 0 Å². The molecule has 0 radical (unpaired) electrons. The standard InChI is InChI=1S/C16H24N2O2/c1-20-11-14(17)15(19)18-12-16(9-5-6-10-16)13-7-3-2-4-8-13/h2-4,7-8,14H,5-6,9-12,17H2,1H3,(H,18,19). The van der Waals surface area contributed by atoms with Gasteiger partial charge in [-0.15, -0.1) is 0 Å². The Morgan fingerprint density at radius 2 is 2.00 bits per heavy atom. The molecule has 1 aromatic carbocycles. The lowest BCUT2D eigenvalue weighted by molar-refractivity contribution is -0.123. The number of rotatable bonds is 6. The lowest BCUT2D eigenvalue weighted by Crippen LogP contribution is -2.47. The third kappa shape index (κ3) is 3.38. The van der Waals surface area contributed by atoms with Gasteiger partial charge in [0, 0.05) is 19.1 Å². The van der Waals surface area contributed by atoms with Crippen molar-refractivity contribution >= 4 is 5.91 Å². The maximum Gasteiger partial charge on any atom is 0.239 e. The van der Waals surface area contributed by atoms with Crippen LogP contribution in [0, 0.1) is 0 Å². The number of nitrogens with one attached hydrogen (secondary N) is 1. The molecule has 0 aromatic heterocycles. The number of carbonyl (C=O) groups is 1. The van der Waals surface area contributed by atoms with Gasteiger partial charge in [-0.25, -0.2) is 0 Å². The molecular formula is C16H24N2O2. The van der Waals surface area contributed by atoms with E-state index in [9.17, 15) is 4.79 Å². The molecule has 1 amide bonds. The molecule has 1 aromatic rings. The first-order valence-corrected chi connectivity index (χ1v) is 7.26. The fourth-order valence-corrected chi connectivity index (χ4v) is 3.05. The van der Waals surface area contributed by atoms with Crippen LogP contribution >= 0.6 is 0 Å². The van der Waals surface area contributed by atoms with Crippen molar-refractivity contribution in [2.75, 3.05) is 20.3 Å². The van der Waals surface area contributed by atoms with Gasteiger partial charge in [0.1, 0.15) is 6.04 Å². The van der Waals surface area contributed by atoms with Crippen LogP contribution < -0.4 is 11.1 Å². The molecule has 0 heterocycles. The van der Waals surface area contributed by atoms with E-state index in [1.807, 2.05) is 6.07 Å². The average Bonchev–Trinajstić information content (AvgIpc) is 2.96. The van der Waals surface area contributed by atoms with Gasteiger partial charge in [-0.05, 0) is 18.4 Å². The molecule has 1 aliphatic rings. The van der Waals surface area contributed by atoms with Crippen molar-refractivity contribution in [3.63, 3.8) is 0 Å². The third-order valence-corrected chi connectivity index (χ3v) is 4.23. The van der Waals surface area contributed by atoms with Gasteiger partial charge in [0.25, 0.3) is 0 Å². The number of hydrogen-bond acceptors (Lipinski definition) is 3. The second-order valence-corrected chi connectivity index (χ2v) is 5.63. The summed E-state index contributed by atoms with van der Waals surface area (Å²) in [6.07, 6.45) is 4.68. The fourth-order valence-electron chi connectivity index (χ4n) is 3.05. The number of amides is 1. The summed E-state index contributed by atoms with van der Waals surface area (Å²) in [4.78, 5) is 11.9. The second-order valence-electron chi connectivity index (χ2n) is 5.63. The quantitative estimate of drug-likeness (QED) is 0.829. The highest BCUT2D eigenvalue weighted by Gasteiger charge is 2.36. The highest BCUT2D eigenvalue weighted by atomic mass is 16.5. The molecule has 1 saturated carbocycles. The number of benzene rings is 1. The van der Waals surface area contributed by atoms with Crippen LogP contribution in [0.4, 0.5) is 0 Å². The second kappa shape index (κ2) is 6.86. The van der Waals surface area contributed by atoms with E-state index >= 15 is 0 Å². The highest BCUT2D eigenvalue weighted by molar-refractivity contribution is 5.81. The van der Waals surface area contributed by atoms with Crippen LogP contribution in [-0.4, -0.2) is 32.2 Å². The van der Waals surface area contributed by atoms with Gasteiger partial charge >= 0.3 is 0 Å². The summed E-state index contributed by atoms with van der Waals surface area (Å²) in [5.41, 5.74) is 7.15. The Bertz CT molecular complexity index is 427. The molecule has 1 fully saturated rings. The molecular weight excluding hydrogens is 252 g/mol. The van der Waals surface area contributed by atoms with Crippen molar-refractivity contribution in [2.24, 2.45) is 5.73 Å². The first-order valence-electron chi connectivity index (χ1n) is 7.26. The number of methoxy groups -OCH3 is 1. The number of ether oxygens (including phenoxy) is 1. The summed E-state index contributed by atoms with van der Waals surface area (Å²) in [5.74, 6) is -0.131. The highest BCUT2D eigenvalue weighted by Crippen LogP contribution is 2.40. The van der Waals surface area contributed by atoms with Gasteiger partial charge in [-0.1, -0.05) is 43.2 Å². The Kier molecular flexibility index (Phi) is 5.15. The summed E-state index contributed by atoms with van der Waals surface area (Å²) in [6, 6.07) is 9.88. The first-order chi connectivity index (χ1) is 9.68.